The summed E-state index contributed by atoms with van der Waals surface area (Å²) in [6, 6.07) is 13.2. The lowest BCUT2D eigenvalue weighted by Crippen LogP contribution is -2.32. The van der Waals surface area contributed by atoms with Crippen LogP contribution in [0.4, 0.5) is 0 Å². The van der Waals surface area contributed by atoms with E-state index < -0.39 is 0 Å². The number of hydrogen-bond acceptors (Lipinski definition) is 4. The number of rotatable bonds is 8. The van der Waals surface area contributed by atoms with Crippen LogP contribution in [0, 0.1) is 0 Å². The van der Waals surface area contributed by atoms with Gasteiger partial charge in [0.1, 0.15) is 5.75 Å². The van der Waals surface area contributed by atoms with Gasteiger partial charge in [0.2, 0.25) is 5.82 Å². The summed E-state index contributed by atoms with van der Waals surface area (Å²) in [7, 11) is 1.63. The van der Waals surface area contributed by atoms with Gasteiger partial charge in [0, 0.05) is 25.8 Å². The highest BCUT2D eigenvalue weighted by Gasteiger charge is 2.23. The summed E-state index contributed by atoms with van der Waals surface area (Å²) >= 11 is 0. The molecule has 0 atom stereocenters. The molecule has 1 N–H and O–H groups in total. The lowest BCUT2D eigenvalue weighted by atomic mass is 10.1. The summed E-state index contributed by atoms with van der Waals surface area (Å²) in [5, 5.41) is 2.91. The smallest absolute Gasteiger partial charge is 0.290 e. The Hall–Kier alpha value is -3.35. The zero-order valence-corrected chi connectivity index (χ0v) is 17.0. The van der Waals surface area contributed by atoms with Crippen molar-refractivity contribution in [3.63, 3.8) is 0 Å². The number of benzene rings is 1. The van der Waals surface area contributed by atoms with E-state index in [2.05, 4.69) is 10.3 Å². The molecule has 7 heteroatoms. The summed E-state index contributed by atoms with van der Waals surface area (Å²) in [5.41, 5.74) is 1.94. The molecule has 0 radical (unpaired) electrons. The number of carbonyl (C=O) groups excluding carboxylic acids is 2. The van der Waals surface area contributed by atoms with Gasteiger partial charge in [-0.05, 0) is 50.1 Å². The second-order valence-electron chi connectivity index (χ2n) is 6.57. The minimum atomic E-state index is -0.296. The number of aromatic nitrogens is 2. The first-order valence-corrected chi connectivity index (χ1v) is 9.76. The topological polar surface area (TPSA) is 75.9 Å². The summed E-state index contributed by atoms with van der Waals surface area (Å²) in [5.74, 6) is 0.553. The first-order chi connectivity index (χ1) is 14.1. The van der Waals surface area contributed by atoms with Gasteiger partial charge in [0.15, 0.2) is 5.69 Å². The summed E-state index contributed by atoms with van der Waals surface area (Å²) in [4.78, 5) is 31.7. The number of nitrogens with zero attached hydrogens (tertiary/aromatic N) is 3. The van der Waals surface area contributed by atoms with Gasteiger partial charge in [-0.25, -0.2) is 4.98 Å². The van der Waals surface area contributed by atoms with E-state index in [9.17, 15) is 9.59 Å². The van der Waals surface area contributed by atoms with Crippen LogP contribution in [0.3, 0.4) is 0 Å². The zero-order valence-electron chi connectivity index (χ0n) is 17.0. The highest BCUT2D eigenvalue weighted by atomic mass is 16.5. The standard InChI is InChI=1S/C22H26N4O3/c1-4-25(5-2)22(28)20-24-19(18-11-6-7-14-26(18)20)21(27)23-13-12-16-9-8-10-17(15-16)29-3/h6-11,14-15H,4-5,12-13H2,1-3H3,(H,23,27). The Kier molecular flexibility index (Phi) is 6.49. The maximum Gasteiger partial charge on any atom is 0.290 e. The zero-order chi connectivity index (χ0) is 20.8. The Bertz CT molecular complexity index is 1010. The monoisotopic (exact) mass is 394 g/mol. The van der Waals surface area contributed by atoms with Crippen LogP contribution in [-0.4, -0.2) is 52.8 Å². The number of imidazole rings is 1. The van der Waals surface area contributed by atoms with Gasteiger partial charge in [-0.1, -0.05) is 18.2 Å². The minimum absolute atomic E-state index is 0.188. The van der Waals surface area contributed by atoms with Crippen molar-refractivity contribution in [3.05, 3.63) is 65.7 Å². The molecule has 152 valence electrons. The molecule has 0 saturated heterocycles. The fraction of sp³-hybridized carbons (Fsp3) is 0.318. The lowest BCUT2D eigenvalue weighted by Gasteiger charge is -2.17. The van der Waals surface area contributed by atoms with Gasteiger partial charge in [-0.3, -0.25) is 14.0 Å². The Labute approximate surface area is 170 Å². The number of hydrogen-bond donors (Lipinski definition) is 1. The first kappa shape index (κ1) is 20.4. The number of fused-ring (bicyclic) bond motifs is 1. The van der Waals surface area contributed by atoms with Crippen LogP contribution >= 0.6 is 0 Å². The average molecular weight is 394 g/mol. The van der Waals surface area contributed by atoms with Gasteiger partial charge < -0.3 is 15.0 Å². The molecule has 3 rings (SSSR count). The minimum Gasteiger partial charge on any atom is -0.497 e. The van der Waals surface area contributed by atoms with Crippen molar-refractivity contribution in [2.75, 3.05) is 26.7 Å². The van der Waals surface area contributed by atoms with Gasteiger partial charge in [-0.2, -0.15) is 0 Å². The highest BCUT2D eigenvalue weighted by molar-refractivity contribution is 6.02. The van der Waals surface area contributed by atoms with E-state index in [1.165, 1.54) is 0 Å². The number of methoxy groups -OCH3 is 1. The van der Waals surface area contributed by atoms with Crippen molar-refractivity contribution < 1.29 is 14.3 Å². The summed E-state index contributed by atoms with van der Waals surface area (Å²) in [6.45, 7) is 5.46. The highest BCUT2D eigenvalue weighted by Crippen LogP contribution is 2.16. The van der Waals surface area contributed by atoms with Crippen LogP contribution in [0.15, 0.2) is 48.7 Å². The first-order valence-electron chi connectivity index (χ1n) is 9.76. The number of ether oxygens (including phenoxy) is 1. The molecule has 0 aliphatic carbocycles. The van der Waals surface area contributed by atoms with Crippen LogP contribution < -0.4 is 10.1 Å². The van der Waals surface area contributed by atoms with Crippen molar-refractivity contribution in [2.24, 2.45) is 0 Å². The SMILES string of the molecule is CCN(CC)C(=O)c1nc(C(=O)NCCc2cccc(OC)c2)c2ccccn12. The third kappa shape index (κ3) is 4.39. The van der Waals surface area contributed by atoms with Crippen LogP contribution in [0.5, 0.6) is 5.75 Å². The number of carbonyl (C=O) groups is 2. The predicted octanol–water partition coefficient (Wildman–Crippen LogP) is 2.80. The van der Waals surface area contributed by atoms with E-state index in [0.717, 1.165) is 11.3 Å². The van der Waals surface area contributed by atoms with E-state index in [1.807, 2.05) is 50.2 Å². The molecule has 3 aromatic rings. The second-order valence-corrected chi connectivity index (χ2v) is 6.57. The molecule has 0 spiro atoms. The van der Waals surface area contributed by atoms with E-state index in [1.54, 1.807) is 28.7 Å². The Morgan fingerprint density at radius 3 is 2.66 bits per heavy atom. The molecule has 0 aliphatic heterocycles. The Morgan fingerprint density at radius 1 is 1.14 bits per heavy atom. The van der Waals surface area contributed by atoms with E-state index in [4.69, 9.17) is 4.74 Å². The van der Waals surface area contributed by atoms with Crippen molar-refractivity contribution in [2.45, 2.75) is 20.3 Å². The fourth-order valence-electron chi connectivity index (χ4n) is 3.24. The molecule has 0 unspecified atom stereocenters. The van der Waals surface area contributed by atoms with Crippen LogP contribution in [0.25, 0.3) is 5.52 Å². The molecule has 0 fully saturated rings. The van der Waals surface area contributed by atoms with E-state index >= 15 is 0 Å². The number of amides is 2. The van der Waals surface area contributed by atoms with Crippen LogP contribution in [0.1, 0.15) is 40.5 Å². The molecule has 0 bridgehead atoms. The largest absolute Gasteiger partial charge is 0.497 e. The van der Waals surface area contributed by atoms with Crippen molar-refractivity contribution in [3.8, 4) is 5.75 Å². The molecule has 29 heavy (non-hydrogen) atoms. The normalized spacial score (nSPS) is 10.7. The molecule has 0 aliphatic rings. The predicted molar refractivity (Wildman–Crippen MR) is 111 cm³/mol. The molecule has 2 heterocycles. The van der Waals surface area contributed by atoms with Gasteiger partial charge >= 0.3 is 0 Å². The van der Waals surface area contributed by atoms with Crippen molar-refractivity contribution >= 4 is 17.3 Å². The van der Waals surface area contributed by atoms with Crippen LogP contribution in [0.2, 0.25) is 0 Å². The summed E-state index contributed by atoms with van der Waals surface area (Å²) in [6.07, 6.45) is 2.42. The number of nitrogens with one attached hydrogen (secondary N) is 1. The quantitative estimate of drug-likeness (QED) is 0.637. The van der Waals surface area contributed by atoms with Crippen molar-refractivity contribution in [1.82, 2.24) is 19.6 Å². The van der Waals surface area contributed by atoms with Crippen molar-refractivity contribution in [1.29, 1.82) is 0 Å². The molecular formula is C22H26N4O3. The lowest BCUT2D eigenvalue weighted by molar-refractivity contribution is 0.0760. The third-order valence-corrected chi connectivity index (χ3v) is 4.84. The van der Waals surface area contributed by atoms with Gasteiger partial charge in [-0.15, -0.1) is 0 Å². The van der Waals surface area contributed by atoms with Gasteiger partial charge in [0.05, 0.1) is 12.6 Å². The maximum absolute atomic E-state index is 12.8. The number of pyridine rings is 1. The molecule has 7 nitrogen and oxygen atoms in total. The maximum atomic E-state index is 12.8. The van der Waals surface area contributed by atoms with E-state index in [-0.39, 0.29) is 23.3 Å². The Morgan fingerprint density at radius 2 is 1.93 bits per heavy atom. The molecule has 1 aromatic carbocycles. The van der Waals surface area contributed by atoms with E-state index in [0.29, 0.717) is 31.6 Å². The van der Waals surface area contributed by atoms with Gasteiger partial charge in [0.25, 0.3) is 11.8 Å². The average Bonchev–Trinajstić information content (AvgIpc) is 3.14. The summed E-state index contributed by atoms with van der Waals surface area (Å²) < 4.78 is 6.90. The molecule has 2 aromatic heterocycles. The second kappa shape index (κ2) is 9.23. The third-order valence-electron chi connectivity index (χ3n) is 4.84. The Balaban J connectivity index is 1.78. The molecule has 2 amide bonds. The van der Waals surface area contributed by atoms with Crippen LogP contribution in [-0.2, 0) is 6.42 Å². The molecular weight excluding hydrogens is 368 g/mol. The fourth-order valence-corrected chi connectivity index (χ4v) is 3.24. The molecule has 0 saturated carbocycles.